The second kappa shape index (κ2) is 10.5. The predicted octanol–water partition coefficient (Wildman–Crippen LogP) is 7.71. The van der Waals surface area contributed by atoms with E-state index < -0.39 is 5.97 Å². The highest BCUT2D eigenvalue weighted by atomic mass is 79.9. The van der Waals surface area contributed by atoms with Crippen LogP contribution in [0, 0.1) is 0 Å². The van der Waals surface area contributed by atoms with Crippen LogP contribution in [-0.2, 0) is 16.1 Å². The Labute approximate surface area is 210 Å². The summed E-state index contributed by atoms with van der Waals surface area (Å²) < 4.78 is 18.1. The molecule has 0 saturated carbocycles. The fourth-order valence-electron chi connectivity index (χ4n) is 3.22. The van der Waals surface area contributed by atoms with E-state index in [1.165, 1.54) is 0 Å². The minimum atomic E-state index is -0.399. The van der Waals surface area contributed by atoms with E-state index in [1.54, 1.807) is 30.4 Å². The van der Waals surface area contributed by atoms with Crippen molar-refractivity contribution < 1.29 is 19.0 Å². The van der Waals surface area contributed by atoms with Crippen LogP contribution >= 0.6 is 39.1 Å². The Bertz CT molecular complexity index is 1250. The molecule has 0 unspecified atom stereocenters. The number of ether oxygens (including phenoxy) is 3. The lowest BCUT2D eigenvalue weighted by Crippen LogP contribution is -2.01. The van der Waals surface area contributed by atoms with Crippen molar-refractivity contribution in [3.8, 4) is 11.5 Å². The van der Waals surface area contributed by atoms with Crippen molar-refractivity contribution in [2.75, 3.05) is 6.61 Å². The molecule has 168 valence electrons. The summed E-state index contributed by atoms with van der Waals surface area (Å²) in [6, 6.07) is 18.3. The van der Waals surface area contributed by atoms with Crippen LogP contribution in [0.3, 0.4) is 0 Å². The summed E-state index contributed by atoms with van der Waals surface area (Å²) in [6.07, 6.45) is 3.50. The summed E-state index contributed by atoms with van der Waals surface area (Å²) in [5.74, 6) is 1.26. The summed E-state index contributed by atoms with van der Waals surface area (Å²) in [7, 11) is 0. The molecule has 3 aromatic carbocycles. The van der Waals surface area contributed by atoms with Gasteiger partial charge in [-0.15, -0.1) is 0 Å². The molecule has 0 aliphatic carbocycles. The maximum absolute atomic E-state index is 12.4. The third-order valence-electron chi connectivity index (χ3n) is 4.84. The van der Waals surface area contributed by atoms with Crippen LogP contribution in [-0.4, -0.2) is 12.6 Å². The highest BCUT2D eigenvalue weighted by Crippen LogP contribution is 2.33. The average molecular weight is 546 g/mol. The molecule has 3 aromatic rings. The molecular formula is C26H19BrCl2O4. The Morgan fingerprint density at radius 2 is 1.76 bits per heavy atom. The van der Waals surface area contributed by atoms with Gasteiger partial charge in [0.05, 0.1) is 12.2 Å². The Morgan fingerprint density at radius 3 is 2.48 bits per heavy atom. The van der Waals surface area contributed by atoms with Crippen molar-refractivity contribution in [3.05, 3.63) is 104 Å². The van der Waals surface area contributed by atoms with Crippen molar-refractivity contribution in [2.45, 2.75) is 13.5 Å². The first-order valence-electron chi connectivity index (χ1n) is 10.2. The Kier molecular flexibility index (Phi) is 7.43. The van der Waals surface area contributed by atoms with Gasteiger partial charge in [-0.25, -0.2) is 4.79 Å². The Balaban J connectivity index is 1.55. The number of hydrogen-bond donors (Lipinski definition) is 0. The lowest BCUT2D eigenvalue weighted by molar-refractivity contribution is -0.130. The number of rotatable bonds is 7. The fourth-order valence-corrected chi connectivity index (χ4v) is 3.95. The lowest BCUT2D eigenvalue weighted by Gasteiger charge is -2.13. The van der Waals surface area contributed by atoms with E-state index in [9.17, 15) is 4.79 Å². The molecule has 4 nitrogen and oxygen atoms in total. The quantitative estimate of drug-likeness (QED) is 0.225. The van der Waals surface area contributed by atoms with Gasteiger partial charge < -0.3 is 14.2 Å². The van der Waals surface area contributed by atoms with Crippen LogP contribution in [0.1, 0.15) is 23.6 Å². The number of cyclic esters (lactones) is 1. The van der Waals surface area contributed by atoms with Crippen LogP contribution in [0.4, 0.5) is 0 Å². The third-order valence-corrected chi connectivity index (χ3v) is 5.96. The van der Waals surface area contributed by atoms with E-state index in [2.05, 4.69) is 15.9 Å². The molecule has 0 fully saturated rings. The van der Waals surface area contributed by atoms with Crippen LogP contribution in [0.15, 0.2) is 76.8 Å². The number of carbonyl (C=O) groups excluding carboxylic acids is 1. The molecule has 0 saturated heterocycles. The average Bonchev–Trinajstić information content (AvgIpc) is 3.15. The van der Waals surface area contributed by atoms with Gasteiger partial charge in [0, 0.05) is 25.6 Å². The van der Waals surface area contributed by atoms with Gasteiger partial charge in [0.1, 0.15) is 12.4 Å². The monoisotopic (exact) mass is 544 g/mol. The highest BCUT2D eigenvalue weighted by molar-refractivity contribution is 9.10. The zero-order valence-corrected chi connectivity index (χ0v) is 20.7. The SMILES string of the molecule is CCOc1cc(/C=C2\C=C(c3ccc(Br)cc3)OC2=O)ccc1OCc1ccc(Cl)cc1Cl. The van der Waals surface area contributed by atoms with E-state index >= 15 is 0 Å². The molecule has 0 bridgehead atoms. The highest BCUT2D eigenvalue weighted by Gasteiger charge is 2.22. The van der Waals surface area contributed by atoms with E-state index in [1.807, 2.05) is 49.4 Å². The van der Waals surface area contributed by atoms with Crippen molar-refractivity contribution in [1.29, 1.82) is 0 Å². The molecule has 0 amide bonds. The van der Waals surface area contributed by atoms with Gasteiger partial charge in [0.25, 0.3) is 0 Å². The first-order chi connectivity index (χ1) is 15.9. The molecule has 4 rings (SSSR count). The smallest absolute Gasteiger partial charge is 0.343 e. The number of hydrogen-bond acceptors (Lipinski definition) is 4. The minimum absolute atomic E-state index is 0.266. The van der Waals surface area contributed by atoms with Crippen LogP contribution in [0.2, 0.25) is 10.0 Å². The van der Waals surface area contributed by atoms with E-state index in [0.29, 0.717) is 39.5 Å². The topological polar surface area (TPSA) is 44.8 Å². The minimum Gasteiger partial charge on any atom is -0.490 e. The lowest BCUT2D eigenvalue weighted by atomic mass is 10.1. The third kappa shape index (κ3) is 5.80. The predicted molar refractivity (Wildman–Crippen MR) is 135 cm³/mol. The van der Waals surface area contributed by atoms with E-state index in [-0.39, 0.29) is 6.61 Å². The maximum atomic E-state index is 12.4. The molecule has 0 radical (unpaired) electrons. The number of benzene rings is 3. The van der Waals surface area contributed by atoms with Crippen LogP contribution < -0.4 is 9.47 Å². The van der Waals surface area contributed by atoms with Gasteiger partial charge >= 0.3 is 5.97 Å². The van der Waals surface area contributed by atoms with E-state index in [0.717, 1.165) is 21.2 Å². The largest absolute Gasteiger partial charge is 0.490 e. The number of halogens is 3. The molecule has 1 aliphatic rings. The number of esters is 1. The van der Waals surface area contributed by atoms with Gasteiger partial charge in [-0.2, -0.15) is 0 Å². The summed E-state index contributed by atoms with van der Waals surface area (Å²) in [5.41, 5.74) is 2.89. The van der Waals surface area contributed by atoms with Crippen molar-refractivity contribution in [2.24, 2.45) is 0 Å². The molecule has 7 heteroatoms. The maximum Gasteiger partial charge on any atom is 0.343 e. The van der Waals surface area contributed by atoms with E-state index in [4.69, 9.17) is 37.4 Å². The second-order valence-electron chi connectivity index (χ2n) is 7.17. The van der Waals surface area contributed by atoms with Gasteiger partial charge in [-0.1, -0.05) is 63.4 Å². The fraction of sp³-hybridized carbons (Fsp3) is 0.115. The molecule has 0 N–H and O–H groups in total. The molecule has 1 heterocycles. The summed E-state index contributed by atoms with van der Waals surface area (Å²) in [4.78, 5) is 12.4. The van der Waals surface area contributed by atoms with Crippen LogP contribution in [0.5, 0.6) is 11.5 Å². The standard InChI is InChI=1S/C26H19BrCl2O4/c1-2-31-25-12-16(3-10-23(25)32-15-18-6-9-21(28)14-22(18)29)11-19-13-24(33-26(19)30)17-4-7-20(27)8-5-17/h3-14H,2,15H2,1H3/b19-11+. The second-order valence-corrected chi connectivity index (χ2v) is 8.93. The Hall–Kier alpha value is -2.73. The van der Waals surface area contributed by atoms with Crippen molar-refractivity contribution >= 4 is 56.9 Å². The molecule has 1 aliphatic heterocycles. The molecule has 0 aromatic heterocycles. The molecule has 0 atom stereocenters. The number of carbonyl (C=O) groups is 1. The summed E-state index contributed by atoms with van der Waals surface area (Å²) in [5, 5.41) is 1.11. The van der Waals surface area contributed by atoms with Gasteiger partial charge in [0.15, 0.2) is 11.5 Å². The Morgan fingerprint density at radius 1 is 0.970 bits per heavy atom. The van der Waals surface area contributed by atoms with Gasteiger partial charge in [-0.05, 0) is 61.0 Å². The van der Waals surface area contributed by atoms with Crippen molar-refractivity contribution in [3.63, 3.8) is 0 Å². The zero-order valence-electron chi connectivity index (χ0n) is 17.6. The summed E-state index contributed by atoms with van der Waals surface area (Å²) in [6.45, 7) is 2.63. The van der Waals surface area contributed by atoms with Crippen molar-refractivity contribution in [1.82, 2.24) is 0 Å². The molecular weight excluding hydrogens is 527 g/mol. The molecule has 0 spiro atoms. The summed E-state index contributed by atoms with van der Waals surface area (Å²) >= 11 is 15.6. The first-order valence-corrected chi connectivity index (χ1v) is 11.7. The van der Waals surface area contributed by atoms with Gasteiger partial charge in [-0.3, -0.25) is 0 Å². The molecule has 33 heavy (non-hydrogen) atoms. The first kappa shape index (κ1) is 23.4. The van der Waals surface area contributed by atoms with Gasteiger partial charge in [0.2, 0.25) is 0 Å². The zero-order chi connectivity index (χ0) is 23.4. The normalized spacial score (nSPS) is 14.2. The van der Waals surface area contributed by atoms with Crippen LogP contribution in [0.25, 0.3) is 11.8 Å².